The number of carbonyl (C=O) groups is 1. The van der Waals surface area contributed by atoms with E-state index < -0.39 is 21.6 Å². The van der Waals surface area contributed by atoms with Crippen LogP contribution in [-0.4, -0.2) is 19.3 Å². The highest BCUT2D eigenvalue weighted by Gasteiger charge is 2.17. The van der Waals surface area contributed by atoms with Crippen molar-refractivity contribution in [3.63, 3.8) is 0 Å². The summed E-state index contributed by atoms with van der Waals surface area (Å²) in [5, 5.41) is 3.15. The van der Waals surface area contributed by atoms with Crippen molar-refractivity contribution in [3.05, 3.63) is 93.4 Å². The summed E-state index contributed by atoms with van der Waals surface area (Å²) < 4.78 is 33.3. The Balaban J connectivity index is 1.54. The lowest BCUT2D eigenvalue weighted by Crippen LogP contribution is -2.20. The average Bonchev–Trinajstić information content (AvgIpc) is 2.74. The van der Waals surface area contributed by atoms with E-state index in [-0.39, 0.29) is 16.3 Å². The summed E-state index contributed by atoms with van der Waals surface area (Å²) in [6.07, 6.45) is 1.47. The predicted octanol–water partition coefficient (Wildman–Crippen LogP) is 4.00. The molecule has 0 spiro atoms. The number of amides is 1. The summed E-state index contributed by atoms with van der Waals surface area (Å²) in [7, 11) is -3.84. The van der Waals surface area contributed by atoms with Gasteiger partial charge >= 0.3 is 5.63 Å². The van der Waals surface area contributed by atoms with Crippen molar-refractivity contribution >= 4 is 54.3 Å². The molecule has 31 heavy (non-hydrogen) atoms. The molecule has 0 saturated carbocycles. The first-order valence-electron chi connectivity index (χ1n) is 8.90. The highest BCUT2D eigenvalue weighted by molar-refractivity contribution is 9.10. The van der Waals surface area contributed by atoms with Crippen LogP contribution < -0.4 is 15.7 Å². The first-order chi connectivity index (χ1) is 14.8. The fourth-order valence-corrected chi connectivity index (χ4v) is 4.18. The van der Waals surface area contributed by atoms with Crippen molar-refractivity contribution in [1.82, 2.24) is 4.98 Å². The minimum absolute atomic E-state index is 0.00813. The maximum atomic E-state index is 12.6. The zero-order valence-corrected chi connectivity index (χ0v) is 18.1. The number of rotatable bonds is 5. The Morgan fingerprint density at radius 2 is 1.77 bits per heavy atom. The monoisotopic (exact) mass is 499 g/mol. The SMILES string of the molecule is O=C(Nc1ccc(S(=O)(=O)Nc2ccccn2)cc1)c1cc2cc(Br)ccc2oc1=O. The van der Waals surface area contributed by atoms with Crippen molar-refractivity contribution in [2.75, 3.05) is 10.0 Å². The number of nitrogens with zero attached hydrogens (tertiary/aromatic N) is 1. The van der Waals surface area contributed by atoms with Crippen LogP contribution in [0.1, 0.15) is 10.4 Å². The standard InChI is InChI=1S/C21H14BrN3O5S/c22-14-4-9-18-13(11-14)12-17(21(27)30-18)20(26)24-15-5-7-16(8-6-15)31(28,29)25-19-3-1-2-10-23-19/h1-12H,(H,23,25)(H,24,26). The van der Waals surface area contributed by atoms with E-state index in [1.54, 1.807) is 30.3 Å². The molecule has 0 aliphatic carbocycles. The fraction of sp³-hybridized carbons (Fsp3) is 0. The van der Waals surface area contributed by atoms with Gasteiger partial charge in [-0.3, -0.25) is 9.52 Å². The zero-order valence-electron chi connectivity index (χ0n) is 15.7. The van der Waals surface area contributed by atoms with Gasteiger partial charge in [0, 0.05) is 21.7 Å². The lowest BCUT2D eigenvalue weighted by molar-refractivity contribution is 0.102. The number of sulfonamides is 1. The van der Waals surface area contributed by atoms with Crippen molar-refractivity contribution in [1.29, 1.82) is 0 Å². The number of anilines is 2. The van der Waals surface area contributed by atoms with Gasteiger partial charge in [0.15, 0.2) is 0 Å². The molecule has 0 aliphatic rings. The Bertz CT molecular complexity index is 1440. The summed E-state index contributed by atoms with van der Waals surface area (Å²) in [4.78, 5) is 28.7. The number of nitrogens with one attached hydrogen (secondary N) is 2. The van der Waals surface area contributed by atoms with Crippen LogP contribution in [0.5, 0.6) is 0 Å². The van der Waals surface area contributed by atoms with E-state index in [2.05, 4.69) is 31.0 Å². The molecule has 4 rings (SSSR count). The van der Waals surface area contributed by atoms with Crippen LogP contribution in [-0.2, 0) is 10.0 Å². The van der Waals surface area contributed by atoms with Gasteiger partial charge < -0.3 is 9.73 Å². The van der Waals surface area contributed by atoms with Gasteiger partial charge in [-0.1, -0.05) is 22.0 Å². The minimum Gasteiger partial charge on any atom is -0.422 e. The summed E-state index contributed by atoms with van der Waals surface area (Å²) >= 11 is 3.33. The molecule has 10 heteroatoms. The maximum absolute atomic E-state index is 12.6. The van der Waals surface area contributed by atoms with E-state index in [4.69, 9.17) is 4.42 Å². The molecule has 0 fully saturated rings. The Morgan fingerprint density at radius 3 is 2.48 bits per heavy atom. The van der Waals surface area contributed by atoms with Gasteiger partial charge in [-0.2, -0.15) is 0 Å². The molecule has 8 nitrogen and oxygen atoms in total. The number of benzene rings is 2. The molecule has 0 aliphatic heterocycles. The van der Waals surface area contributed by atoms with Gasteiger partial charge in [0.25, 0.3) is 15.9 Å². The van der Waals surface area contributed by atoms with Crippen LogP contribution in [0, 0.1) is 0 Å². The number of fused-ring (bicyclic) bond motifs is 1. The van der Waals surface area contributed by atoms with Gasteiger partial charge in [-0.05, 0) is 60.7 Å². The Morgan fingerprint density at radius 1 is 1.00 bits per heavy atom. The largest absolute Gasteiger partial charge is 0.422 e. The zero-order chi connectivity index (χ0) is 22.0. The normalized spacial score (nSPS) is 11.3. The highest BCUT2D eigenvalue weighted by Crippen LogP contribution is 2.21. The van der Waals surface area contributed by atoms with Crippen LogP contribution >= 0.6 is 15.9 Å². The third-order valence-electron chi connectivity index (χ3n) is 4.27. The summed E-state index contributed by atoms with van der Waals surface area (Å²) in [5.74, 6) is -0.479. The van der Waals surface area contributed by atoms with Crippen LogP contribution in [0.3, 0.4) is 0 Å². The highest BCUT2D eigenvalue weighted by atomic mass is 79.9. The Labute approximate surface area is 185 Å². The first kappa shape index (κ1) is 20.8. The third kappa shape index (κ3) is 4.65. The number of carbonyl (C=O) groups excluding carboxylic acids is 1. The molecule has 0 atom stereocenters. The van der Waals surface area contributed by atoms with E-state index in [1.165, 1.54) is 42.6 Å². The lowest BCUT2D eigenvalue weighted by Gasteiger charge is -2.09. The second-order valence-electron chi connectivity index (χ2n) is 6.43. The fourth-order valence-electron chi connectivity index (χ4n) is 2.79. The number of hydrogen-bond donors (Lipinski definition) is 2. The summed E-state index contributed by atoms with van der Waals surface area (Å²) in [6.45, 7) is 0. The molecule has 0 saturated heterocycles. The second kappa shape index (κ2) is 8.32. The van der Waals surface area contributed by atoms with Crippen molar-refractivity contribution in [2.45, 2.75) is 4.90 Å². The van der Waals surface area contributed by atoms with Crippen LogP contribution in [0.25, 0.3) is 11.0 Å². The number of pyridine rings is 1. The molecule has 2 aromatic heterocycles. The molecular weight excluding hydrogens is 486 g/mol. The molecule has 0 unspecified atom stereocenters. The summed E-state index contributed by atoms with van der Waals surface area (Å²) in [6, 6.07) is 16.9. The molecule has 4 aromatic rings. The van der Waals surface area contributed by atoms with Crippen LogP contribution in [0.15, 0.2) is 91.5 Å². The van der Waals surface area contributed by atoms with Crippen molar-refractivity contribution in [3.8, 4) is 0 Å². The molecule has 2 N–H and O–H groups in total. The van der Waals surface area contributed by atoms with Crippen molar-refractivity contribution < 1.29 is 17.6 Å². The van der Waals surface area contributed by atoms with Crippen LogP contribution in [0.2, 0.25) is 0 Å². The molecule has 0 bridgehead atoms. The molecule has 0 radical (unpaired) electrons. The first-order valence-corrected chi connectivity index (χ1v) is 11.2. The van der Waals surface area contributed by atoms with E-state index >= 15 is 0 Å². The number of aromatic nitrogens is 1. The van der Waals surface area contributed by atoms with Crippen molar-refractivity contribution in [2.24, 2.45) is 0 Å². The minimum atomic E-state index is -3.84. The lowest BCUT2D eigenvalue weighted by atomic mass is 10.1. The van der Waals surface area contributed by atoms with Gasteiger partial charge in [0.05, 0.1) is 4.90 Å². The summed E-state index contributed by atoms with van der Waals surface area (Å²) in [5.41, 5.74) is -0.263. The quantitative estimate of drug-likeness (QED) is 0.400. The maximum Gasteiger partial charge on any atom is 0.349 e. The Hall–Kier alpha value is -3.50. The molecule has 2 heterocycles. The van der Waals surface area contributed by atoms with E-state index in [0.29, 0.717) is 16.7 Å². The van der Waals surface area contributed by atoms with Gasteiger partial charge in [0.1, 0.15) is 17.0 Å². The topological polar surface area (TPSA) is 118 Å². The predicted molar refractivity (Wildman–Crippen MR) is 120 cm³/mol. The van der Waals surface area contributed by atoms with E-state index in [9.17, 15) is 18.0 Å². The Kier molecular flexibility index (Phi) is 5.57. The second-order valence-corrected chi connectivity index (χ2v) is 9.03. The van der Waals surface area contributed by atoms with Gasteiger partial charge in [-0.25, -0.2) is 18.2 Å². The molecule has 2 aromatic carbocycles. The van der Waals surface area contributed by atoms with Crippen LogP contribution in [0.4, 0.5) is 11.5 Å². The van der Waals surface area contributed by atoms with Gasteiger partial charge in [0.2, 0.25) is 0 Å². The average molecular weight is 500 g/mol. The van der Waals surface area contributed by atoms with E-state index in [1.807, 2.05) is 0 Å². The third-order valence-corrected chi connectivity index (χ3v) is 6.13. The number of hydrogen-bond acceptors (Lipinski definition) is 6. The van der Waals surface area contributed by atoms with E-state index in [0.717, 1.165) is 4.47 Å². The molecular formula is C21H14BrN3O5S. The molecule has 156 valence electrons. The smallest absolute Gasteiger partial charge is 0.349 e. The number of halogens is 1. The molecule has 1 amide bonds. The van der Waals surface area contributed by atoms with Gasteiger partial charge in [-0.15, -0.1) is 0 Å².